The first-order chi connectivity index (χ1) is 12.6. The average Bonchev–Trinajstić information content (AvgIpc) is 3.16. The second-order valence-corrected chi connectivity index (χ2v) is 7.41. The number of likely N-dealkylation sites (tertiary alicyclic amines) is 2. The van der Waals surface area contributed by atoms with Gasteiger partial charge in [-0.05, 0) is 19.8 Å². The van der Waals surface area contributed by atoms with E-state index in [1.165, 1.54) is 0 Å². The van der Waals surface area contributed by atoms with Crippen molar-refractivity contribution >= 4 is 11.8 Å². The Hall–Kier alpha value is -1.89. The summed E-state index contributed by atoms with van der Waals surface area (Å²) in [5, 5.41) is 3.93. The molecule has 2 atom stereocenters. The second-order valence-electron chi connectivity index (χ2n) is 7.41. The Bertz CT molecular complexity index is 630. The number of hydrogen-bond acceptors (Lipinski definition) is 5. The molecule has 2 saturated heterocycles. The quantitative estimate of drug-likeness (QED) is 0.770. The van der Waals surface area contributed by atoms with Gasteiger partial charge in [-0.2, -0.15) is 0 Å². The molecule has 7 nitrogen and oxygen atoms in total. The fourth-order valence-electron chi connectivity index (χ4n) is 3.94. The summed E-state index contributed by atoms with van der Waals surface area (Å²) in [4.78, 5) is 28.4. The van der Waals surface area contributed by atoms with Crippen LogP contribution < -0.4 is 0 Å². The Morgan fingerprint density at radius 3 is 2.92 bits per heavy atom. The molecule has 3 heterocycles. The SMILES string of the molecule is CO[C@H]1CN(C(=O)CCN2CCCCCC2=O)C[C@H]1Cc1cc(C)no1. The highest BCUT2D eigenvalue weighted by atomic mass is 16.5. The lowest BCUT2D eigenvalue weighted by Gasteiger charge is -2.22. The predicted molar refractivity (Wildman–Crippen MR) is 95.5 cm³/mol. The van der Waals surface area contributed by atoms with Crippen LogP contribution in [0.2, 0.25) is 0 Å². The highest BCUT2D eigenvalue weighted by Crippen LogP contribution is 2.24. The summed E-state index contributed by atoms with van der Waals surface area (Å²) < 4.78 is 10.9. The van der Waals surface area contributed by atoms with E-state index in [0.717, 1.165) is 37.3 Å². The van der Waals surface area contributed by atoms with Gasteiger partial charge in [0.05, 0.1) is 11.8 Å². The molecule has 1 aromatic rings. The van der Waals surface area contributed by atoms with Crippen LogP contribution in [-0.4, -0.2) is 66.2 Å². The highest BCUT2D eigenvalue weighted by molar-refractivity contribution is 5.79. The van der Waals surface area contributed by atoms with E-state index in [0.29, 0.717) is 38.9 Å². The van der Waals surface area contributed by atoms with E-state index < -0.39 is 0 Å². The molecule has 7 heteroatoms. The van der Waals surface area contributed by atoms with Crippen molar-refractivity contribution in [3.05, 3.63) is 17.5 Å². The van der Waals surface area contributed by atoms with Crippen molar-refractivity contribution in [2.75, 3.05) is 33.3 Å². The van der Waals surface area contributed by atoms with Crippen molar-refractivity contribution in [3.8, 4) is 0 Å². The first kappa shape index (κ1) is 18.9. The maximum absolute atomic E-state index is 12.6. The highest BCUT2D eigenvalue weighted by Gasteiger charge is 2.36. The summed E-state index contributed by atoms with van der Waals surface area (Å²) in [6.07, 6.45) is 4.82. The molecule has 1 aromatic heterocycles. The fourth-order valence-corrected chi connectivity index (χ4v) is 3.94. The van der Waals surface area contributed by atoms with Gasteiger partial charge >= 0.3 is 0 Å². The zero-order chi connectivity index (χ0) is 18.5. The zero-order valence-electron chi connectivity index (χ0n) is 15.8. The van der Waals surface area contributed by atoms with Crippen molar-refractivity contribution < 1.29 is 18.8 Å². The lowest BCUT2D eigenvalue weighted by atomic mass is 10.0. The molecule has 2 fully saturated rings. The van der Waals surface area contributed by atoms with Crippen LogP contribution in [0.15, 0.2) is 10.6 Å². The lowest BCUT2D eigenvalue weighted by Crippen LogP contribution is -2.36. The number of aryl methyl sites for hydroxylation is 1. The summed E-state index contributed by atoms with van der Waals surface area (Å²) in [6, 6.07) is 1.93. The largest absolute Gasteiger partial charge is 0.379 e. The standard InChI is InChI=1S/C19H29N3O4/c1-14-10-16(26-20-14)11-15-12-22(13-17(15)25-2)19(24)7-9-21-8-5-3-4-6-18(21)23/h10,15,17H,3-9,11-13H2,1-2H3/t15-,17+/m1/s1. The molecule has 144 valence electrons. The molecule has 0 spiro atoms. The minimum absolute atomic E-state index is 0.00387. The molecule has 0 aliphatic carbocycles. The molecule has 0 unspecified atom stereocenters. The molecule has 0 bridgehead atoms. The topological polar surface area (TPSA) is 75.9 Å². The van der Waals surface area contributed by atoms with Gasteiger partial charge in [0.15, 0.2) is 0 Å². The molecule has 0 aromatic carbocycles. The molecule has 0 N–H and O–H groups in total. The van der Waals surface area contributed by atoms with Crippen molar-refractivity contribution in [2.24, 2.45) is 5.92 Å². The molecule has 0 radical (unpaired) electrons. The van der Waals surface area contributed by atoms with Crippen LogP contribution >= 0.6 is 0 Å². The van der Waals surface area contributed by atoms with Gasteiger partial charge in [-0.15, -0.1) is 0 Å². The smallest absolute Gasteiger partial charge is 0.224 e. The second kappa shape index (κ2) is 8.66. The molecule has 2 aliphatic rings. The van der Waals surface area contributed by atoms with E-state index in [4.69, 9.17) is 9.26 Å². The molecule has 2 amide bonds. The summed E-state index contributed by atoms with van der Waals surface area (Å²) >= 11 is 0. The van der Waals surface area contributed by atoms with E-state index in [2.05, 4.69) is 5.16 Å². The predicted octanol–water partition coefficient (Wildman–Crippen LogP) is 1.79. The first-order valence-electron chi connectivity index (χ1n) is 9.57. The van der Waals surface area contributed by atoms with Gasteiger partial charge in [-0.1, -0.05) is 11.6 Å². The number of amides is 2. The van der Waals surface area contributed by atoms with Crippen molar-refractivity contribution in [1.82, 2.24) is 15.0 Å². The van der Waals surface area contributed by atoms with Crippen molar-refractivity contribution in [2.45, 2.75) is 51.6 Å². The summed E-state index contributed by atoms with van der Waals surface area (Å²) in [5.74, 6) is 1.32. The van der Waals surface area contributed by atoms with E-state index in [-0.39, 0.29) is 23.8 Å². The number of nitrogens with zero attached hydrogens (tertiary/aromatic N) is 3. The van der Waals surface area contributed by atoms with E-state index in [1.807, 2.05) is 22.8 Å². The third-order valence-corrected chi connectivity index (χ3v) is 5.44. The Labute approximate surface area is 154 Å². The van der Waals surface area contributed by atoms with Gasteiger partial charge in [0, 0.05) is 64.5 Å². The van der Waals surface area contributed by atoms with Gasteiger partial charge < -0.3 is 19.1 Å². The van der Waals surface area contributed by atoms with Crippen LogP contribution in [0.25, 0.3) is 0 Å². The van der Waals surface area contributed by atoms with Crippen LogP contribution in [0.4, 0.5) is 0 Å². The van der Waals surface area contributed by atoms with Crippen LogP contribution in [0.5, 0.6) is 0 Å². The number of carbonyl (C=O) groups excluding carboxylic acids is 2. The van der Waals surface area contributed by atoms with Gasteiger partial charge in [-0.3, -0.25) is 9.59 Å². The summed E-state index contributed by atoms with van der Waals surface area (Å²) in [5.41, 5.74) is 0.863. The Kier molecular flexibility index (Phi) is 6.29. The fraction of sp³-hybridized carbons (Fsp3) is 0.737. The third-order valence-electron chi connectivity index (χ3n) is 5.44. The van der Waals surface area contributed by atoms with Crippen LogP contribution in [-0.2, 0) is 20.7 Å². The average molecular weight is 363 g/mol. The Balaban J connectivity index is 1.52. The minimum Gasteiger partial charge on any atom is -0.379 e. The van der Waals surface area contributed by atoms with Crippen LogP contribution in [0.1, 0.15) is 43.6 Å². The maximum atomic E-state index is 12.6. The van der Waals surface area contributed by atoms with Crippen molar-refractivity contribution in [3.63, 3.8) is 0 Å². The number of methoxy groups -OCH3 is 1. The van der Waals surface area contributed by atoms with E-state index in [9.17, 15) is 9.59 Å². The molecular formula is C19H29N3O4. The lowest BCUT2D eigenvalue weighted by molar-refractivity contribution is -0.133. The van der Waals surface area contributed by atoms with Crippen molar-refractivity contribution in [1.29, 1.82) is 0 Å². The minimum atomic E-state index is 0.00387. The summed E-state index contributed by atoms with van der Waals surface area (Å²) in [7, 11) is 1.69. The molecular weight excluding hydrogens is 334 g/mol. The van der Waals surface area contributed by atoms with E-state index in [1.54, 1.807) is 7.11 Å². The number of hydrogen-bond donors (Lipinski definition) is 0. The van der Waals surface area contributed by atoms with Gasteiger partial charge in [-0.25, -0.2) is 0 Å². The molecule has 0 saturated carbocycles. The van der Waals surface area contributed by atoms with E-state index >= 15 is 0 Å². The normalized spacial score (nSPS) is 24.2. The Morgan fingerprint density at radius 1 is 1.35 bits per heavy atom. The summed E-state index contributed by atoms with van der Waals surface area (Å²) in [6.45, 7) is 4.46. The van der Waals surface area contributed by atoms with Gasteiger partial charge in [0.1, 0.15) is 5.76 Å². The van der Waals surface area contributed by atoms with Crippen LogP contribution in [0, 0.1) is 12.8 Å². The van der Waals surface area contributed by atoms with Crippen LogP contribution in [0.3, 0.4) is 0 Å². The first-order valence-corrected chi connectivity index (χ1v) is 9.57. The number of ether oxygens (including phenoxy) is 1. The van der Waals surface area contributed by atoms with Gasteiger partial charge in [0.2, 0.25) is 11.8 Å². The number of carbonyl (C=O) groups is 2. The molecule has 26 heavy (non-hydrogen) atoms. The monoisotopic (exact) mass is 363 g/mol. The zero-order valence-corrected chi connectivity index (χ0v) is 15.8. The Morgan fingerprint density at radius 2 is 2.19 bits per heavy atom. The molecule has 3 rings (SSSR count). The molecule has 2 aliphatic heterocycles. The third kappa shape index (κ3) is 4.63. The van der Waals surface area contributed by atoms with Gasteiger partial charge in [0.25, 0.3) is 0 Å². The number of rotatable bonds is 6. The number of aromatic nitrogens is 1. The maximum Gasteiger partial charge on any atom is 0.224 e.